The van der Waals surface area contributed by atoms with Gasteiger partial charge in [0.15, 0.2) is 0 Å². The van der Waals surface area contributed by atoms with Crippen molar-refractivity contribution >= 4 is 54.8 Å². The second kappa shape index (κ2) is 6.87. The molecule has 0 atom stereocenters. The predicted octanol–water partition coefficient (Wildman–Crippen LogP) is 8.63. The predicted molar refractivity (Wildman–Crippen MR) is 145 cm³/mol. The Morgan fingerprint density at radius 1 is 0.400 bits per heavy atom. The van der Waals surface area contributed by atoms with Crippen LogP contribution < -0.4 is 0 Å². The molecule has 164 valence electrons. The third-order valence-electron chi connectivity index (χ3n) is 7.09. The van der Waals surface area contributed by atoms with Crippen molar-refractivity contribution < 1.29 is 4.42 Å². The molecule has 0 radical (unpaired) electrons. The first-order valence-electron chi connectivity index (χ1n) is 11.9. The molecular formula is C32H20N2O. The lowest BCUT2D eigenvalue weighted by atomic mass is 10.1. The molecule has 0 saturated heterocycles. The Morgan fingerprint density at radius 3 is 1.71 bits per heavy atom. The van der Waals surface area contributed by atoms with Gasteiger partial charge in [-0.25, -0.2) is 0 Å². The van der Waals surface area contributed by atoms with E-state index in [1.807, 2.05) is 12.1 Å². The Hall–Kier alpha value is -4.76. The third kappa shape index (κ3) is 2.50. The fourth-order valence-electron chi connectivity index (χ4n) is 5.64. The van der Waals surface area contributed by atoms with Crippen LogP contribution >= 0.6 is 0 Å². The normalized spacial score (nSPS) is 12.0. The zero-order chi connectivity index (χ0) is 22.9. The lowest BCUT2D eigenvalue weighted by molar-refractivity contribution is 0.669. The van der Waals surface area contributed by atoms with E-state index in [1.165, 1.54) is 32.8 Å². The summed E-state index contributed by atoms with van der Waals surface area (Å²) in [7, 11) is 0. The van der Waals surface area contributed by atoms with Crippen molar-refractivity contribution in [2.24, 2.45) is 0 Å². The molecule has 0 aliphatic heterocycles. The molecule has 3 aromatic heterocycles. The van der Waals surface area contributed by atoms with Crippen LogP contribution in [0, 0.1) is 0 Å². The van der Waals surface area contributed by atoms with Gasteiger partial charge in [-0.1, -0.05) is 72.8 Å². The fourth-order valence-corrected chi connectivity index (χ4v) is 5.64. The van der Waals surface area contributed by atoms with E-state index in [0.29, 0.717) is 0 Å². The first-order chi connectivity index (χ1) is 17.4. The molecule has 3 nitrogen and oxygen atoms in total. The van der Waals surface area contributed by atoms with E-state index in [9.17, 15) is 0 Å². The van der Waals surface area contributed by atoms with Crippen LogP contribution in [0.4, 0.5) is 0 Å². The van der Waals surface area contributed by atoms with E-state index in [1.54, 1.807) is 0 Å². The van der Waals surface area contributed by atoms with Gasteiger partial charge in [-0.2, -0.15) is 0 Å². The number of benzene rings is 5. The second-order valence-electron chi connectivity index (χ2n) is 9.02. The summed E-state index contributed by atoms with van der Waals surface area (Å²) in [5, 5.41) is 4.69. The molecule has 5 aromatic carbocycles. The summed E-state index contributed by atoms with van der Waals surface area (Å²) in [5.41, 5.74) is 8.90. The number of hydrogen-bond acceptors (Lipinski definition) is 1. The van der Waals surface area contributed by atoms with E-state index in [4.69, 9.17) is 4.42 Å². The molecule has 0 N–H and O–H groups in total. The molecule has 3 heterocycles. The highest BCUT2D eigenvalue weighted by Crippen LogP contribution is 2.43. The smallest absolute Gasteiger partial charge is 0.136 e. The number of para-hydroxylation sites is 4. The monoisotopic (exact) mass is 448 g/mol. The molecule has 0 bridgehead atoms. The number of rotatable bonds is 2. The van der Waals surface area contributed by atoms with Crippen molar-refractivity contribution in [1.82, 2.24) is 9.13 Å². The molecular weight excluding hydrogens is 428 g/mol. The molecule has 0 spiro atoms. The third-order valence-corrected chi connectivity index (χ3v) is 7.09. The number of fused-ring (bicyclic) bond motifs is 8. The van der Waals surface area contributed by atoms with Crippen LogP contribution in [0.5, 0.6) is 0 Å². The number of aromatic nitrogens is 2. The van der Waals surface area contributed by atoms with Crippen molar-refractivity contribution in [3.63, 3.8) is 0 Å². The lowest BCUT2D eigenvalue weighted by Crippen LogP contribution is -1.93. The van der Waals surface area contributed by atoms with Gasteiger partial charge in [0.05, 0.1) is 22.1 Å². The van der Waals surface area contributed by atoms with Crippen molar-refractivity contribution in [2.75, 3.05) is 0 Å². The first kappa shape index (κ1) is 18.6. The van der Waals surface area contributed by atoms with Crippen LogP contribution in [0.2, 0.25) is 0 Å². The van der Waals surface area contributed by atoms with E-state index in [0.717, 1.165) is 33.3 Å². The van der Waals surface area contributed by atoms with Crippen LogP contribution in [0.25, 0.3) is 66.2 Å². The minimum Gasteiger partial charge on any atom is -0.456 e. The minimum atomic E-state index is 0.913. The zero-order valence-electron chi connectivity index (χ0n) is 18.8. The van der Waals surface area contributed by atoms with Gasteiger partial charge < -0.3 is 13.6 Å². The maximum Gasteiger partial charge on any atom is 0.136 e. The van der Waals surface area contributed by atoms with E-state index >= 15 is 0 Å². The molecule has 0 fully saturated rings. The molecule has 0 saturated carbocycles. The van der Waals surface area contributed by atoms with Crippen LogP contribution in [0.15, 0.2) is 126 Å². The SMILES string of the molecule is c1ccc(-n2c3ccccc3c3c2c2cc4oc5ccccc5c4cc2n3-c2ccccc2)cc1. The van der Waals surface area contributed by atoms with Gasteiger partial charge in [-0.15, -0.1) is 0 Å². The van der Waals surface area contributed by atoms with Gasteiger partial charge in [0.2, 0.25) is 0 Å². The second-order valence-corrected chi connectivity index (χ2v) is 9.02. The van der Waals surface area contributed by atoms with Crippen LogP contribution in [0.3, 0.4) is 0 Å². The van der Waals surface area contributed by atoms with Gasteiger partial charge >= 0.3 is 0 Å². The Balaban J connectivity index is 1.66. The summed E-state index contributed by atoms with van der Waals surface area (Å²) in [6.07, 6.45) is 0. The Bertz CT molecular complexity index is 2040. The van der Waals surface area contributed by atoms with E-state index in [2.05, 4.69) is 118 Å². The maximum atomic E-state index is 6.33. The van der Waals surface area contributed by atoms with Gasteiger partial charge in [0.25, 0.3) is 0 Å². The van der Waals surface area contributed by atoms with Gasteiger partial charge in [-0.3, -0.25) is 0 Å². The van der Waals surface area contributed by atoms with Gasteiger partial charge in [0.1, 0.15) is 11.2 Å². The van der Waals surface area contributed by atoms with Crippen molar-refractivity contribution in [2.45, 2.75) is 0 Å². The molecule has 35 heavy (non-hydrogen) atoms. The molecule has 8 rings (SSSR count). The zero-order valence-corrected chi connectivity index (χ0v) is 18.8. The average Bonchev–Trinajstić information content (AvgIpc) is 3.55. The van der Waals surface area contributed by atoms with Crippen molar-refractivity contribution in [1.29, 1.82) is 0 Å². The minimum absolute atomic E-state index is 0.913. The standard InChI is InChI=1S/C32H20N2O/c1-3-11-21(12-4-1)33-27-17-9-7-16-24(27)31-32(33)26-20-30-25(23-15-8-10-18-29(23)35-30)19-28(26)34(31)22-13-5-2-6-14-22/h1-20H. The summed E-state index contributed by atoms with van der Waals surface area (Å²) in [4.78, 5) is 0. The number of nitrogens with zero attached hydrogens (tertiary/aromatic N) is 2. The first-order valence-corrected chi connectivity index (χ1v) is 11.9. The topological polar surface area (TPSA) is 23.0 Å². The Kier molecular flexibility index (Phi) is 3.66. The summed E-state index contributed by atoms with van der Waals surface area (Å²) in [6, 6.07) is 42.8. The lowest BCUT2D eigenvalue weighted by Gasteiger charge is -2.09. The summed E-state index contributed by atoms with van der Waals surface area (Å²) in [6.45, 7) is 0. The molecule has 0 amide bonds. The molecule has 0 aliphatic carbocycles. The Labute approximate surface area is 201 Å². The van der Waals surface area contributed by atoms with Crippen molar-refractivity contribution in [3.05, 3.63) is 121 Å². The van der Waals surface area contributed by atoms with E-state index < -0.39 is 0 Å². The fraction of sp³-hybridized carbons (Fsp3) is 0. The quantitative estimate of drug-likeness (QED) is 0.259. The summed E-state index contributed by atoms with van der Waals surface area (Å²) in [5.74, 6) is 0. The van der Waals surface area contributed by atoms with Crippen LogP contribution in [-0.2, 0) is 0 Å². The summed E-state index contributed by atoms with van der Waals surface area (Å²) >= 11 is 0. The highest BCUT2D eigenvalue weighted by Gasteiger charge is 2.23. The Morgan fingerprint density at radius 2 is 0.971 bits per heavy atom. The largest absolute Gasteiger partial charge is 0.456 e. The van der Waals surface area contributed by atoms with Crippen LogP contribution in [-0.4, -0.2) is 9.13 Å². The molecule has 0 unspecified atom stereocenters. The molecule has 8 aromatic rings. The molecule has 0 aliphatic rings. The molecule has 3 heteroatoms. The summed E-state index contributed by atoms with van der Waals surface area (Å²) < 4.78 is 11.1. The highest BCUT2D eigenvalue weighted by molar-refractivity contribution is 6.23. The van der Waals surface area contributed by atoms with Crippen LogP contribution in [0.1, 0.15) is 0 Å². The van der Waals surface area contributed by atoms with E-state index in [-0.39, 0.29) is 0 Å². The number of hydrogen-bond donors (Lipinski definition) is 0. The average molecular weight is 449 g/mol. The van der Waals surface area contributed by atoms with Crippen molar-refractivity contribution in [3.8, 4) is 11.4 Å². The maximum absolute atomic E-state index is 6.33. The highest BCUT2D eigenvalue weighted by atomic mass is 16.3. The van der Waals surface area contributed by atoms with Gasteiger partial charge in [-0.05, 0) is 48.5 Å². The van der Waals surface area contributed by atoms with Gasteiger partial charge in [0, 0.05) is 32.9 Å². The number of furan rings is 1.